The summed E-state index contributed by atoms with van der Waals surface area (Å²) in [6, 6.07) is 5.70. The molecule has 0 saturated carbocycles. The van der Waals surface area contributed by atoms with Crippen LogP contribution in [0.4, 0.5) is 11.4 Å². The maximum atomic E-state index is 12.3. The molecule has 0 aliphatic carbocycles. The Hall–Kier alpha value is -2.64. The minimum Gasteiger partial charge on any atom is -0.466 e. The molecule has 0 aliphatic rings. The van der Waals surface area contributed by atoms with E-state index in [4.69, 9.17) is 10.5 Å². The number of esters is 1. The lowest BCUT2D eigenvalue weighted by molar-refractivity contribution is -0.144. The summed E-state index contributed by atoms with van der Waals surface area (Å²) in [6.45, 7) is 11.9. The van der Waals surface area contributed by atoms with Gasteiger partial charge in [-0.1, -0.05) is 6.07 Å². The molecule has 0 bridgehead atoms. The quantitative estimate of drug-likeness (QED) is 0.602. The fraction of sp³-hybridized carbons (Fsp3) is 0.556. The second-order valence-corrected chi connectivity index (χ2v) is 7.61. The first-order valence-corrected chi connectivity index (χ1v) is 8.66. The summed E-state index contributed by atoms with van der Waals surface area (Å²) >= 11 is 0. The number of nitrogens with zero attached hydrogens (tertiary/aromatic N) is 4. The van der Waals surface area contributed by atoms with Crippen molar-refractivity contribution in [2.24, 2.45) is 0 Å². The maximum absolute atomic E-state index is 12.3. The first-order valence-electron chi connectivity index (χ1n) is 8.66. The zero-order chi connectivity index (χ0) is 19.5. The molecule has 2 aromatic rings. The lowest BCUT2D eigenvalue weighted by atomic mass is 9.94. The topological polar surface area (TPSA) is 108 Å². The van der Waals surface area contributed by atoms with Crippen LogP contribution in [0.2, 0.25) is 0 Å². The number of carbonyl (C=O) groups excluding carboxylic acids is 1. The Morgan fingerprint density at radius 2 is 2.00 bits per heavy atom. The molecule has 1 aromatic carbocycles. The highest BCUT2D eigenvalue weighted by Gasteiger charge is 2.38. The lowest BCUT2D eigenvalue weighted by Gasteiger charge is -2.33. The van der Waals surface area contributed by atoms with Gasteiger partial charge in [-0.25, -0.2) is 4.68 Å². The number of nitrogen functional groups attached to an aromatic ring is 1. The molecule has 0 amide bonds. The van der Waals surface area contributed by atoms with E-state index < -0.39 is 5.54 Å². The van der Waals surface area contributed by atoms with Crippen molar-refractivity contribution in [3.63, 3.8) is 0 Å². The molecule has 1 atom stereocenters. The Morgan fingerprint density at radius 1 is 1.31 bits per heavy atom. The van der Waals surface area contributed by atoms with Crippen molar-refractivity contribution < 1.29 is 9.53 Å². The SMILES string of the molecule is CCOC(=O)CC(C)(Nc1cc(C)ccc1N)c1nnnn1C(C)(C)C. The van der Waals surface area contributed by atoms with Gasteiger partial charge >= 0.3 is 5.97 Å². The van der Waals surface area contributed by atoms with Gasteiger partial charge in [0.2, 0.25) is 0 Å². The molecule has 2 rings (SSSR count). The maximum Gasteiger partial charge on any atom is 0.308 e. The number of hydrogen-bond acceptors (Lipinski definition) is 7. The third-order valence-corrected chi connectivity index (χ3v) is 4.02. The van der Waals surface area contributed by atoms with E-state index >= 15 is 0 Å². The summed E-state index contributed by atoms with van der Waals surface area (Å²) in [5, 5.41) is 15.5. The summed E-state index contributed by atoms with van der Waals surface area (Å²) in [5.74, 6) is 0.205. The van der Waals surface area contributed by atoms with E-state index in [1.54, 1.807) is 11.6 Å². The van der Waals surface area contributed by atoms with Gasteiger partial charge in [0.25, 0.3) is 0 Å². The van der Waals surface area contributed by atoms with E-state index in [-0.39, 0.29) is 17.9 Å². The largest absolute Gasteiger partial charge is 0.466 e. The van der Waals surface area contributed by atoms with E-state index in [0.717, 1.165) is 11.3 Å². The number of nitrogens with two attached hydrogens (primary N) is 1. The molecule has 142 valence electrons. The van der Waals surface area contributed by atoms with Crippen LogP contribution in [-0.2, 0) is 20.6 Å². The van der Waals surface area contributed by atoms with Gasteiger partial charge in [0, 0.05) is 0 Å². The number of hydrogen-bond donors (Lipinski definition) is 2. The van der Waals surface area contributed by atoms with Crippen molar-refractivity contribution >= 4 is 17.3 Å². The van der Waals surface area contributed by atoms with Crippen LogP contribution in [0.5, 0.6) is 0 Å². The Morgan fingerprint density at radius 3 is 2.62 bits per heavy atom. The van der Waals surface area contributed by atoms with Crippen LogP contribution in [0.15, 0.2) is 18.2 Å². The average molecular weight is 360 g/mol. The molecule has 1 heterocycles. The van der Waals surface area contributed by atoms with Gasteiger partial charge in [-0.2, -0.15) is 0 Å². The van der Waals surface area contributed by atoms with Crippen LogP contribution in [0.3, 0.4) is 0 Å². The average Bonchev–Trinajstić information content (AvgIpc) is 3.01. The highest BCUT2D eigenvalue weighted by Crippen LogP contribution is 2.33. The van der Waals surface area contributed by atoms with Crippen molar-refractivity contribution in [1.29, 1.82) is 0 Å². The predicted molar refractivity (Wildman–Crippen MR) is 101 cm³/mol. The lowest BCUT2D eigenvalue weighted by Crippen LogP contribution is -2.41. The molecule has 3 N–H and O–H groups in total. The third-order valence-electron chi connectivity index (χ3n) is 4.02. The molecule has 1 aromatic heterocycles. The van der Waals surface area contributed by atoms with Crippen molar-refractivity contribution in [2.75, 3.05) is 17.7 Å². The number of carbonyl (C=O) groups is 1. The van der Waals surface area contributed by atoms with Crippen molar-refractivity contribution in [3.8, 4) is 0 Å². The van der Waals surface area contributed by atoms with Crippen LogP contribution in [0, 0.1) is 6.92 Å². The highest BCUT2D eigenvalue weighted by atomic mass is 16.5. The standard InChI is InChI=1S/C18H28N6O2/c1-7-26-15(25)11-18(6,16-21-22-23-24(16)17(3,4)5)20-14-10-12(2)8-9-13(14)19/h8-10,20H,7,11,19H2,1-6H3. The fourth-order valence-electron chi connectivity index (χ4n) is 2.74. The Balaban J connectivity index is 2.51. The first-order chi connectivity index (χ1) is 12.1. The summed E-state index contributed by atoms with van der Waals surface area (Å²) in [7, 11) is 0. The summed E-state index contributed by atoms with van der Waals surface area (Å²) in [6.07, 6.45) is 0.0602. The van der Waals surface area contributed by atoms with Crippen molar-refractivity contribution in [3.05, 3.63) is 29.6 Å². The number of aryl methyl sites for hydroxylation is 1. The minimum absolute atomic E-state index is 0.0602. The van der Waals surface area contributed by atoms with Gasteiger partial charge in [-0.3, -0.25) is 4.79 Å². The Kier molecular flexibility index (Phi) is 5.53. The van der Waals surface area contributed by atoms with Gasteiger partial charge in [0.15, 0.2) is 5.82 Å². The second kappa shape index (κ2) is 7.31. The number of ether oxygens (including phenoxy) is 1. The van der Waals surface area contributed by atoms with E-state index in [1.165, 1.54) is 0 Å². The number of tetrazole rings is 1. The Bertz CT molecular complexity index is 780. The normalized spacial score (nSPS) is 13.9. The smallest absolute Gasteiger partial charge is 0.308 e. The van der Waals surface area contributed by atoms with Crippen molar-refractivity contribution in [1.82, 2.24) is 20.2 Å². The molecule has 0 spiro atoms. The molecule has 0 radical (unpaired) electrons. The van der Waals surface area contributed by atoms with E-state index in [0.29, 0.717) is 18.1 Å². The molecule has 1 unspecified atom stereocenters. The number of nitrogens with one attached hydrogen (secondary N) is 1. The Labute approximate surface area is 154 Å². The second-order valence-electron chi connectivity index (χ2n) is 7.61. The van der Waals surface area contributed by atoms with Gasteiger partial charge < -0.3 is 15.8 Å². The zero-order valence-corrected chi connectivity index (χ0v) is 16.3. The molecule has 26 heavy (non-hydrogen) atoms. The predicted octanol–water partition coefficient (Wildman–Crippen LogP) is 2.60. The monoisotopic (exact) mass is 360 g/mol. The molecule has 8 nitrogen and oxygen atoms in total. The van der Waals surface area contributed by atoms with Crippen LogP contribution >= 0.6 is 0 Å². The first kappa shape index (κ1) is 19.7. The minimum atomic E-state index is -0.898. The van der Waals surface area contributed by atoms with E-state index in [2.05, 4.69) is 20.8 Å². The van der Waals surface area contributed by atoms with E-state index in [1.807, 2.05) is 52.8 Å². The van der Waals surface area contributed by atoms with Crippen LogP contribution in [-0.4, -0.2) is 32.8 Å². The van der Waals surface area contributed by atoms with Crippen LogP contribution in [0.1, 0.15) is 52.4 Å². The number of aromatic nitrogens is 4. The summed E-state index contributed by atoms with van der Waals surface area (Å²) in [5.41, 5.74) is 7.23. The molecule has 0 saturated heterocycles. The van der Waals surface area contributed by atoms with Gasteiger partial charge in [-0.15, -0.1) is 5.10 Å². The number of rotatable bonds is 6. The van der Waals surface area contributed by atoms with E-state index in [9.17, 15) is 4.79 Å². The number of anilines is 2. The molecule has 8 heteroatoms. The number of benzene rings is 1. The fourth-order valence-corrected chi connectivity index (χ4v) is 2.74. The zero-order valence-electron chi connectivity index (χ0n) is 16.3. The van der Waals surface area contributed by atoms with Crippen LogP contribution < -0.4 is 11.1 Å². The van der Waals surface area contributed by atoms with Crippen LogP contribution in [0.25, 0.3) is 0 Å². The molecule has 0 fully saturated rings. The van der Waals surface area contributed by atoms with Gasteiger partial charge in [0.05, 0.1) is 29.9 Å². The molecular weight excluding hydrogens is 332 g/mol. The van der Waals surface area contributed by atoms with Gasteiger partial charge in [0.1, 0.15) is 5.54 Å². The van der Waals surface area contributed by atoms with Crippen molar-refractivity contribution in [2.45, 2.75) is 59.0 Å². The molecular formula is C18H28N6O2. The third kappa shape index (κ3) is 4.30. The summed E-state index contributed by atoms with van der Waals surface area (Å²) < 4.78 is 6.88. The molecule has 0 aliphatic heterocycles. The highest BCUT2D eigenvalue weighted by molar-refractivity contribution is 5.74. The summed E-state index contributed by atoms with van der Waals surface area (Å²) in [4.78, 5) is 12.3. The van der Waals surface area contributed by atoms with Gasteiger partial charge in [-0.05, 0) is 69.7 Å².